The van der Waals surface area contributed by atoms with Gasteiger partial charge in [0.2, 0.25) is 11.9 Å². The van der Waals surface area contributed by atoms with Crippen LogP contribution in [0, 0.1) is 5.92 Å². The van der Waals surface area contributed by atoms with E-state index in [1.54, 1.807) is 0 Å². The molecule has 1 fully saturated rings. The van der Waals surface area contributed by atoms with Gasteiger partial charge in [-0.1, -0.05) is 25.7 Å². The van der Waals surface area contributed by atoms with Crippen molar-refractivity contribution in [2.75, 3.05) is 24.7 Å². The van der Waals surface area contributed by atoms with Crippen LogP contribution in [0.4, 0.5) is 11.9 Å². The Hall–Kier alpha value is -1.59. The highest BCUT2D eigenvalue weighted by Gasteiger charge is 2.14. The van der Waals surface area contributed by atoms with E-state index < -0.39 is 0 Å². The van der Waals surface area contributed by atoms with Gasteiger partial charge in [-0.2, -0.15) is 15.0 Å². The van der Waals surface area contributed by atoms with Crippen molar-refractivity contribution in [2.24, 2.45) is 5.92 Å². The molecule has 0 aromatic carbocycles. The zero-order chi connectivity index (χ0) is 12.1. The van der Waals surface area contributed by atoms with Crippen molar-refractivity contribution in [3.8, 4) is 6.01 Å². The van der Waals surface area contributed by atoms with Crippen molar-refractivity contribution < 1.29 is 4.74 Å². The smallest absolute Gasteiger partial charge is 0.322 e. The van der Waals surface area contributed by atoms with Crippen LogP contribution in [0.3, 0.4) is 0 Å². The maximum Gasteiger partial charge on any atom is 0.322 e. The lowest BCUT2D eigenvalue weighted by atomic mass is 10.0. The van der Waals surface area contributed by atoms with Crippen LogP contribution in [0.5, 0.6) is 6.01 Å². The largest absolute Gasteiger partial charge is 0.467 e. The number of nitrogens with two attached hydrogens (primary N) is 1. The Bertz CT molecular complexity index is 365. The first-order chi connectivity index (χ1) is 8.28. The molecular formula is C11H19N5O. The van der Waals surface area contributed by atoms with Gasteiger partial charge in [-0.15, -0.1) is 0 Å². The van der Waals surface area contributed by atoms with E-state index in [0.717, 1.165) is 18.9 Å². The maximum atomic E-state index is 5.55. The lowest BCUT2D eigenvalue weighted by molar-refractivity contribution is 0.379. The summed E-state index contributed by atoms with van der Waals surface area (Å²) >= 11 is 0. The predicted octanol–water partition coefficient (Wildman–Crippen LogP) is 1.45. The van der Waals surface area contributed by atoms with Crippen LogP contribution in [-0.2, 0) is 0 Å². The van der Waals surface area contributed by atoms with Crippen LogP contribution in [-0.4, -0.2) is 28.6 Å². The minimum Gasteiger partial charge on any atom is -0.467 e. The fourth-order valence-corrected chi connectivity index (χ4v) is 2.23. The van der Waals surface area contributed by atoms with Gasteiger partial charge < -0.3 is 15.8 Å². The second-order valence-corrected chi connectivity index (χ2v) is 4.37. The van der Waals surface area contributed by atoms with Crippen molar-refractivity contribution in [1.29, 1.82) is 0 Å². The SMILES string of the molecule is COc1nc(N)nc(NCCC2CCCC2)n1. The Balaban J connectivity index is 1.83. The standard InChI is InChI=1S/C11H19N5O/c1-17-11-15-9(12)14-10(16-11)13-7-6-8-4-2-3-5-8/h8H,2-7H2,1H3,(H3,12,13,14,15,16). The van der Waals surface area contributed by atoms with E-state index in [9.17, 15) is 0 Å². The minimum absolute atomic E-state index is 0.181. The average Bonchev–Trinajstić information content (AvgIpc) is 2.81. The van der Waals surface area contributed by atoms with Crippen molar-refractivity contribution in [3.63, 3.8) is 0 Å². The molecule has 1 aromatic heterocycles. The molecule has 0 aliphatic heterocycles. The van der Waals surface area contributed by atoms with E-state index in [0.29, 0.717) is 5.95 Å². The molecule has 0 unspecified atom stereocenters. The van der Waals surface area contributed by atoms with E-state index in [-0.39, 0.29) is 12.0 Å². The summed E-state index contributed by atoms with van der Waals surface area (Å²) in [6.45, 7) is 0.872. The van der Waals surface area contributed by atoms with Gasteiger partial charge in [0.1, 0.15) is 0 Å². The summed E-state index contributed by atoms with van der Waals surface area (Å²) in [7, 11) is 1.51. The minimum atomic E-state index is 0.181. The highest BCUT2D eigenvalue weighted by atomic mass is 16.5. The molecule has 1 aromatic rings. The summed E-state index contributed by atoms with van der Waals surface area (Å²) in [6.07, 6.45) is 6.61. The number of anilines is 2. The van der Waals surface area contributed by atoms with Crippen LogP contribution in [0.15, 0.2) is 0 Å². The first-order valence-corrected chi connectivity index (χ1v) is 6.07. The molecule has 0 radical (unpaired) electrons. The highest BCUT2D eigenvalue weighted by Crippen LogP contribution is 2.27. The van der Waals surface area contributed by atoms with E-state index in [1.165, 1.54) is 32.8 Å². The Morgan fingerprint density at radius 2 is 2.06 bits per heavy atom. The summed E-state index contributed by atoms with van der Waals surface area (Å²) in [5, 5.41) is 3.16. The third-order valence-electron chi connectivity index (χ3n) is 3.13. The van der Waals surface area contributed by atoms with Crippen molar-refractivity contribution in [2.45, 2.75) is 32.1 Å². The second-order valence-electron chi connectivity index (χ2n) is 4.37. The van der Waals surface area contributed by atoms with Gasteiger partial charge in [0.25, 0.3) is 0 Å². The van der Waals surface area contributed by atoms with Crippen LogP contribution in [0.1, 0.15) is 32.1 Å². The van der Waals surface area contributed by atoms with Gasteiger partial charge in [-0.05, 0) is 12.3 Å². The number of hydrogen-bond acceptors (Lipinski definition) is 6. The summed E-state index contributed by atoms with van der Waals surface area (Å²) in [5.74, 6) is 1.52. The fraction of sp³-hybridized carbons (Fsp3) is 0.727. The number of nitrogens with one attached hydrogen (secondary N) is 1. The van der Waals surface area contributed by atoms with E-state index in [2.05, 4.69) is 20.3 Å². The van der Waals surface area contributed by atoms with Crippen molar-refractivity contribution in [1.82, 2.24) is 15.0 Å². The molecule has 0 bridgehead atoms. The van der Waals surface area contributed by atoms with Crippen LogP contribution >= 0.6 is 0 Å². The normalized spacial score (nSPS) is 16.1. The van der Waals surface area contributed by atoms with Gasteiger partial charge in [-0.25, -0.2) is 0 Å². The number of ether oxygens (including phenoxy) is 1. The van der Waals surface area contributed by atoms with Gasteiger partial charge >= 0.3 is 6.01 Å². The van der Waals surface area contributed by atoms with Crippen molar-refractivity contribution >= 4 is 11.9 Å². The molecule has 1 aliphatic rings. The quantitative estimate of drug-likeness (QED) is 0.806. The van der Waals surface area contributed by atoms with Gasteiger partial charge in [0.05, 0.1) is 7.11 Å². The Morgan fingerprint density at radius 1 is 1.29 bits per heavy atom. The number of methoxy groups -OCH3 is 1. The molecular weight excluding hydrogens is 218 g/mol. The molecule has 0 atom stereocenters. The number of nitrogen functional groups attached to an aromatic ring is 1. The maximum absolute atomic E-state index is 5.55. The topological polar surface area (TPSA) is 86.0 Å². The molecule has 1 saturated carbocycles. The van der Waals surface area contributed by atoms with Crippen molar-refractivity contribution in [3.05, 3.63) is 0 Å². The summed E-state index contributed by atoms with van der Waals surface area (Å²) in [6, 6.07) is 0.251. The molecule has 3 N–H and O–H groups in total. The average molecular weight is 237 g/mol. The molecule has 6 heteroatoms. The predicted molar refractivity (Wildman–Crippen MR) is 65.9 cm³/mol. The Kier molecular flexibility index (Phi) is 3.95. The third-order valence-corrected chi connectivity index (χ3v) is 3.13. The second kappa shape index (κ2) is 5.65. The van der Waals surface area contributed by atoms with E-state index in [4.69, 9.17) is 10.5 Å². The molecule has 6 nitrogen and oxygen atoms in total. The molecule has 0 spiro atoms. The van der Waals surface area contributed by atoms with E-state index in [1.807, 2.05) is 0 Å². The third kappa shape index (κ3) is 3.44. The molecule has 1 heterocycles. The summed E-state index contributed by atoms with van der Waals surface area (Å²) < 4.78 is 4.93. The van der Waals surface area contributed by atoms with Gasteiger partial charge in [-0.3, -0.25) is 0 Å². The Labute approximate surface area is 101 Å². The lowest BCUT2D eigenvalue weighted by Crippen LogP contribution is -2.11. The van der Waals surface area contributed by atoms with Crippen LogP contribution in [0.25, 0.3) is 0 Å². The zero-order valence-corrected chi connectivity index (χ0v) is 10.1. The molecule has 1 aliphatic carbocycles. The number of hydrogen-bond donors (Lipinski definition) is 2. The molecule has 2 rings (SSSR count). The first-order valence-electron chi connectivity index (χ1n) is 6.07. The fourth-order valence-electron chi connectivity index (χ4n) is 2.23. The number of rotatable bonds is 5. The molecule has 17 heavy (non-hydrogen) atoms. The zero-order valence-electron chi connectivity index (χ0n) is 10.1. The monoisotopic (exact) mass is 237 g/mol. The first kappa shape index (κ1) is 11.9. The molecule has 94 valence electrons. The summed E-state index contributed by atoms with van der Waals surface area (Å²) in [4.78, 5) is 11.9. The number of nitrogens with zero attached hydrogens (tertiary/aromatic N) is 3. The number of aromatic nitrogens is 3. The highest BCUT2D eigenvalue weighted by molar-refractivity contribution is 5.32. The molecule has 0 saturated heterocycles. The summed E-state index contributed by atoms with van der Waals surface area (Å²) in [5.41, 5.74) is 5.55. The van der Waals surface area contributed by atoms with Crippen LogP contribution < -0.4 is 15.8 Å². The van der Waals surface area contributed by atoms with Gasteiger partial charge in [0.15, 0.2) is 0 Å². The van der Waals surface area contributed by atoms with Gasteiger partial charge in [0, 0.05) is 6.54 Å². The van der Waals surface area contributed by atoms with E-state index >= 15 is 0 Å². The Morgan fingerprint density at radius 3 is 2.76 bits per heavy atom. The van der Waals surface area contributed by atoms with Crippen LogP contribution in [0.2, 0.25) is 0 Å². The molecule has 0 amide bonds. The lowest BCUT2D eigenvalue weighted by Gasteiger charge is -2.10.